The molecule has 216 valence electrons. The maximum atomic E-state index is 10.7. The number of imide groups is 1. The molecule has 2 amide bonds. The van der Waals surface area contributed by atoms with E-state index in [-0.39, 0.29) is 48.8 Å². The Bertz CT molecular complexity index is 915. The summed E-state index contributed by atoms with van der Waals surface area (Å²) in [6.45, 7) is 20.0. The summed E-state index contributed by atoms with van der Waals surface area (Å²) in [5.41, 5.74) is 2.96. The summed E-state index contributed by atoms with van der Waals surface area (Å²) in [4.78, 5) is 23.9. The molecular weight excluding hydrogens is 712 g/mol. The fraction of sp³-hybridized carbons (Fsp3) is 0.688. The smallest absolute Gasteiger partial charge is 0.229 e. The Kier molecular flexibility index (Phi) is 14.8. The normalized spacial score (nSPS) is 23.1. The molecule has 7 heteroatoms. The maximum Gasteiger partial charge on any atom is 0.229 e. The molecule has 39 heavy (non-hydrogen) atoms. The van der Waals surface area contributed by atoms with Crippen LogP contribution in [0.5, 0.6) is 5.75 Å². The van der Waals surface area contributed by atoms with Gasteiger partial charge in [-0.15, -0.1) is 11.6 Å². The molecule has 4 aliphatic rings. The van der Waals surface area contributed by atoms with Gasteiger partial charge >= 0.3 is 0 Å². The minimum atomic E-state index is -0.141. The SMILES string of the molecule is CC.CC1CCC(=O)NC1=O.[CH-]=Cc1ccc(OC2CC3(CCN(CC4CCNCC4)CC3)C2)cc1CC.[U]. The van der Waals surface area contributed by atoms with Crippen LogP contribution >= 0.6 is 0 Å². The Hall–Kier alpha value is -1.13. The first-order chi connectivity index (χ1) is 18.4. The van der Waals surface area contributed by atoms with Crippen molar-refractivity contribution in [2.75, 3.05) is 32.7 Å². The number of hydrogen-bond acceptors (Lipinski definition) is 5. The van der Waals surface area contributed by atoms with Gasteiger partial charge in [-0.25, -0.2) is 6.08 Å². The molecule has 0 bridgehead atoms. The number of carbonyl (C=O) groups excluding carboxylic acids is 2. The average molecular weight is 763 g/mol. The van der Waals surface area contributed by atoms with Gasteiger partial charge in [0.15, 0.2) is 0 Å². The van der Waals surface area contributed by atoms with Crippen molar-refractivity contribution in [3.05, 3.63) is 35.9 Å². The summed E-state index contributed by atoms with van der Waals surface area (Å²) in [5.74, 6) is 1.67. The third kappa shape index (κ3) is 10.0. The van der Waals surface area contributed by atoms with E-state index in [1.807, 2.05) is 20.8 Å². The molecule has 3 heterocycles. The van der Waals surface area contributed by atoms with Gasteiger partial charge in [0.2, 0.25) is 11.8 Å². The molecular formula is C32H50N3O3U-. The topological polar surface area (TPSA) is 70.7 Å². The van der Waals surface area contributed by atoms with E-state index in [1.54, 1.807) is 6.08 Å². The van der Waals surface area contributed by atoms with Crippen LogP contribution in [0.15, 0.2) is 18.2 Å². The number of benzene rings is 1. The summed E-state index contributed by atoms with van der Waals surface area (Å²) in [7, 11) is 0. The van der Waals surface area contributed by atoms with Crippen molar-refractivity contribution in [3.63, 3.8) is 0 Å². The number of nitrogens with one attached hydrogen (secondary N) is 2. The summed E-state index contributed by atoms with van der Waals surface area (Å²) in [5, 5.41) is 5.73. The van der Waals surface area contributed by atoms with E-state index >= 15 is 0 Å². The van der Waals surface area contributed by atoms with Gasteiger partial charge in [0.1, 0.15) is 5.75 Å². The molecule has 0 radical (unpaired) electrons. The van der Waals surface area contributed by atoms with Gasteiger partial charge in [-0.2, -0.15) is 5.56 Å². The molecule has 2 N–H and O–H groups in total. The van der Waals surface area contributed by atoms with Gasteiger partial charge in [0, 0.05) is 50.0 Å². The first kappa shape index (κ1) is 34.1. The third-order valence-electron chi connectivity index (χ3n) is 8.71. The van der Waals surface area contributed by atoms with Gasteiger partial charge < -0.3 is 15.0 Å². The predicted octanol–water partition coefficient (Wildman–Crippen LogP) is 5.40. The molecule has 0 aromatic heterocycles. The number of likely N-dealkylation sites (tertiary alicyclic amines) is 1. The van der Waals surface area contributed by atoms with Crippen LogP contribution in [-0.2, 0) is 16.0 Å². The number of nitrogens with zero attached hydrogens (tertiary/aromatic N) is 1. The van der Waals surface area contributed by atoms with Gasteiger partial charge in [-0.3, -0.25) is 21.5 Å². The van der Waals surface area contributed by atoms with Crippen LogP contribution in [-0.4, -0.2) is 55.5 Å². The Balaban J connectivity index is 0.000000377. The quantitative estimate of drug-likeness (QED) is 0.300. The number of hydrogen-bond donors (Lipinski definition) is 2. The number of rotatable bonds is 6. The predicted molar refractivity (Wildman–Crippen MR) is 155 cm³/mol. The van der Waals surface area contributed by atoms with E-state index in [2.05, 4.69) is 40.7 Å². The molecule has 1 aliphatic carbocycles. The largest absolute Gasteiger partial charge is 0.491 e. The van der Waals surface area contributed by atoms with E-state index in [4.69, 9.17) is 11.3 Å². The number of ether oxygens (including phenoxy) is 1. The van der Waals surface area contributed by atoms with Crippen LogP contribution in [0.4, 0.5) is 0 Å². The van der Waals surface area contributed by atoms with E-state index in [0.29, 0.717) is 24.4 Å². The van der Waals surface area contributed by atoms with Gasteiger partial charge in [0.05, 0.1) is 6.10 Å². The fourth-order valence-electron chi connectivity index (χ4n) is 6.16. The minimum Gasteiger partial charge on any atom is -0.491 e. The molecule has 4 fully saturated rings. The van der Waals surface area contributed by atoms with Crippen molar-refractivity contribution in [2.45, 2.75) is 91.6 Å². The van der Waals surface area contributed by atoms with E-state index in [0.717, 1.165) is 23.7 Å². The number of amides is 2. The molecule has 1 saturated carbocycles. The summed E-state index contributed by atoms with van der Waals surface area (Å²) >= 11 is 0. The third-order valence-corrected chi connectivity index (χ3v) is 8.71. The monoisotopic (exact) mass is 762 g/mol. The maximum absolute atomic E-state index is 10.7. The minimum absolute atomic E-state index is 0. The fourth-order valence-corrected chi connectivity index (χ4v) is 6.16. The van der Waals surface area contributed by atoms with Crippen molar-refractivity contribution in [3.8, 4) is 5.75 Å². The van der Waals surface area contributed by atoms with E-state index < -0.39 is 0 Å². The van der Waals surface area contributed by atoms with E-state index in [9.17, 15) is 9.59 Å². The molecule has 3 aliphatic heterocycles. The van der Waals surface area contributed by atoms with Crippen LogP contribution in [0, 0.1) is 54.9 Å². The molecule has 1 unspecified atom stereocenters. The molecule has 3 saturated heterocycles. The summed E-state index contributed by atoms with van der Waals surface area (Å²) < 4.78 is 6.29. The van der Waals surface area contributed by atoms with E-state index in [1.165, 1.54) is 76.8 Å². The second-order valence-electron chi connectivity index (χ2n) is 11.4. The Morgan fingerprint density at radius 1 is 1.10 bits per heavy atom. The second-order valence-corrected chi connectivity index (χ2v) is 11.4. The van der Waals surface area contributed by atoms with Crippen molar-refractivity contribution < 1.29 is 45.4 Å². The van der Waals surface area contributed by atoms with Crippen LogP contribution in [0.2, 0.25) is 0 Å². The van der Waals surface area contributed by atoms with Crippen molar-refractivity contribution in [1.82, 2.24) is 15.5 Å². The van der Waals surface area contributed by atoms with Crippen LogP contribution in [0.25, 0.3) is 6.08 Å². The Morgan fingerprint density at radius 3 is 2.33 bits per heavy atom. The van der Waals surface area contributed by atoms with Gasteiger partial charge in [0.25, 0.3) is 0 Å². The van der Waals surface area contributed by atoms with Gasteiger partial charge in [-0.1, -0.05) is 27.7 Å². The first-order valence-electron chi connectivity index (χ1n) is 15.0. The molecule has 1 atom stereocenters. The molecule has 1 spiro atoms. The second kappa shape index (κ2) is 17.0. The Morgan fingerprint density at radius 2 is 1.77 bits per heavy atom. The van der Waals surface area contributed by atoms with Crippen LogP contribution in [0.1, 0.15) is 90.2 Å². The van der Waals surface area contributed by atoms with Crippen LogP contribution < -0.4 is 15.4 Å². The van der Waals surface area contributed by atoms with Crippen LogP contribution in [0.3, 0.4) is 0 Å². The molecule has 5 rings (SSSR count). The van der Waals surface area contributed by atoms with Crippen molar-refractivity contribution in [2.24, 2.45) is 17.3 Å². The zero-order chi connectivity index (χ0) is 27.5. The number of carbonyl (C=O) groups is 2. The standard InChI is InChI=1S/C24H35N2O.C6H9NO2.C2H6.U/c1-3-20-5-6-22(15-21(20)4-2)27-23-16-24(17-23)9-13-26(14-10-24)18-19-7-11-25-12-8-19;1-4-2-3-5(8)7-6(4)9;1-2;/h1,3,5-6,15,19,23,25H,4,7-14,16-18H2,2H3;4H,2-3H2,1H3,(H,7,8,9);1-2H3;/q-1;;;. The zero-order valence-corrected chi connectivity index (χ0v) is 28.9. The Labute approximate surface area is 260 Å². The number of aryl methyl sites for hydroxylation is 1. The van der Waals surface area contributed by atoms with Crippen molar-refractivity contribution in [1.29, 1.82) is 0 Å². The average Bonchev–Trinajstić information content (AvgIpc) is 2.93. The van der Waals surface area contributed by atoms with Crippen molar-refractivity contribution >= 4 is 17.9 Å². The molecule has 6 nitrogen and oxygen atoms in total. The zero-order valence-electron chi connectivity index (χ0n) is 24.7. The summed E-state index contributed by atoms with van der Waals surface area (Å²) in [6.07, 6.45) is 12.2. The molecule has 1 aromatic rings. The van der Waals surface area contributed by atoms with Gasteiger partial charge in [-0.05, 0) is 101 Å². The summed E-state index contributed by atoms with van der Waals surface area (Å²) in [6, 6.07) is 6.33. The number of piperidine rings is 3. The first-order valence-corrected chi connectivity index (χ1v) is 15.0. The molecule has 1 aromatic carbocycles.